The van der Waals surface area contributed by atoms with E-state index in [0.29, 0.717) is 13.2 Å². The van der Waals surface area contributed by atoms with E-state index in [9.17, 15) is 5.11 Å². The molecule has 3 N–H and O–H groups in total. The van der Waals surface area contributed by atoms with Gasteiger partial charge in [-0.1, -0.05) is 0 Å². The summed E-state index contributed by atoms with van der Waals surface area (Å²) in [7, 11) is 1.67. The van der Waals surface area contributed by atoms with Crippen LogP contribution in [0.3, 0.4) is 0 Å². The minimum Gasteiger partial charge on any atom is -0.394 e. The Labute approximate surface area is 108 Å². The number of ether oxygens (including phenoxy) is 1. The molecule has 6 nitrogen and oxygen atoms in total. The van der Waals surface area contributed by atoms with Crippen molar-refractivity contribution in [2.45, 2.75) is 33.0 Å². The summed E-state index contributed by atoms with van der Waals surface area (Å²) in [4.78, 5) is 0. The van der Waals surface area contributed by atoms with E-state index in [-0.39, 0.29) is 6.61 Å². The third-order valence-corrected chi connectivity index (χ3v) is 2.91. The molecule has 0 aromatic carbocycles. The van der Waals surface area contributed by atoms with Crippen LogP contribution >= 0.6 is 0 Å². The van der Waals surface area contributed by atoms with Crippen molar-refractivity contribution in [1.82, 2.24) is 15.1 Å². The molecule has 1 unspecified atom stereocenters. The van der Waals surface area contributed by atoms with Crippen LogP contribution < -0.4 is 5.32 Å². The van der Waals surface area contributed by atoms with Crippen molar-refractivity contribution in [1.29, 1.82) is 0 Å². The van der Waals surface area contributed by atoms with E-state index in [0.717, 1.165) is 30.0 Å². The lowest BCUT2D eigenvalue weighted by Crippen LogP contribution is -2.22. The standard InChI is InChI=1S/C12H23N3O3/c1-9-12(6-13-4-5-18-3)10(2)15(14-9)7-11(17)8-16/h11,13,16-17H,4-8H2,1-3H3. The number of aryl methyl sites for hydroxylation is 1. The van der Waals surface area contributed by atoms with E-state index in [2.05, 4.69) is 10.4 Å². The van der Waals surface area contributed by atoms with Gasteiger partial charge in [-0.3, -0.25) is 4.68 Å². The smallest absolute Gasteiger partial charge is 0.0966 e. The van der Waals surface area contributed by atoms with Gasteiger partial charge in [0.15, 0.2) is 0 Å². The molecule has 0 aliphatic rings. The molecule has 0 aliphatic carbocycles. The van der Waals surface area contributed by atoms with Gasteiger partial charge in [-0.25, -0.2) is 0 Å². The van der Waals surface area contributed by atoms with Crippen molar-refractivity contribution in [3.8, 4) is 0 Å². The van der Waals surface area contributed by atoms with Gasteiger partial charge in [-0.15, -0.1) is 0 Å². The number of aromatic nitrogens is 2. The summed E-state index contributed by atoms with van der Waals surface area (Å²) in [6.45, 7) is 6.19. The largest absolute Gasteiger partial charge is 0.394 e. The Balaban J connectivity index is 2.62. The van der Waals surface area contributed by atoms with Crippen molar-refractivity contribution < 1.29 is 14.9 Å². The quantitative estimate of drug-likeness (QED) is 0.552. The first-order chi connectivity index (χ1) is 8.60. The van der Waals surface area contributed by atoms with Crippen LogP contribution in [0.5, 0.6) is 0 Å². The molecule has 0 saturated heterocycles. The maximum absolute atomic E-state index is 9.44. The maximum atomic E-state index is 9.44. The summed E-state index contributed by atoms with van der Waals surface area (Å²) in [6, 6.07) is 0. The molecule has 0 saturated carbocycles. The van der Waals surface area contributed by atoms with E-state index < -0.39 is 6.10 Å². The minimum absolute atomic E-state index is 0.250. The monoisotopic (exact) mass is 257 g/mol. The summed E-state index contributed by atoms with van der Waals surface area (Å²) in [5.74, 6) is 0. The Hall–Kier alpha value is -0.950. The zero-order chi connectivity index (χ0) is 13.5. The number of hydrogen-bond acceptors (Lipinski definition) is 5. The van der Waals surface area contributed by atoms with Crippen LogP contribution in [-0.4, -0.2) is 53.0 Å². The number of aliphatic hydroxyl groups is 2. The van der Waals surface area contributed by atoms with Crippen LogP contribution in [0, 0.1) is 13.8 Å². The third-order valence-electron chi connectivity index (χ3n) is 2.91. The number of aliphatic hydroxyl groups excluding tert-OH is 2. The molecule has 1 aromatic rings. The highest BCUT2D eigenvalue weighted by molar-refractivity contribution is 5.24. The molecular formula is C12H23N3O3. The first kappa shape index (κ1) is 15.1. The number of hydrogen-bond donors (Lipinski definition) is 3. The molecule has 1 atom stereocenters. The van der Waals surface area contributed by atoms with Crippen molar-refractivity contribution in [3.05, 3.63) is 17.0 Å². The van der Waals surface area contributed by atoms with Crippen LogP contribution in [-0.2, 0) is 17.8 Å². The molecular weight excluding hydrogens is 234 g/mol. The predicted molar refractivity (Wildman–Crippen MR) is 68.4 cm³/mol. The zero-order valence-corrected chi connectivity index (χ0v) is 11.3. The van der Waals surface area contributed by atoms with Gasteiger partial charge in [0, 0.05) is 31.5 Å². The Kier molecular flexibility index (Phi) is 6.28. The molecule has 0 radical (unpaired) electrons. The maximum Gasteiger partial charge on any atom is 0.0966 e. The Bertz CT molecular complexity index is 366. The van der Waals surface area contributed by atoms with Gasteiger partial charge in [0.2, 0.25) is 0 Å². The molecule has 1 rings (SSSR count). The summed E-state index contributed by atoms with van der Waals surface area (Å²) < 4.78 is 6.71. The summed E-state index contributed by atoms with van der Waals surface area (Å²) >= 11 is 0. The average molecular weight is 257 g/mol. The summed E-state index contributed by atoms with van der Waals surface area (Å²) in [5, 5.41) is 25.9. The normalized spacial score (nSPS) is 12.9. The molecule has 0 spiro atoms. The van der Waals surface area contributed by atoms with Crippen LogP contribution in [0.4, 0.5) is 0 Å². The first-order valence-corrected chi connectivity index (χ1v) is 6.11. The van der Waals surface area contributed by atoms with Gasteiger partial charge < -0.3 is 20.3 Å². The van der Waals surface area contributed by atoms with Crippen molar-refractivity contribution in [2.24, 2.45) is 0 Å². The van der Waals surface area contributed by atoms with Crippen molar-refractivity contribution >= 4 is 0 Å². The summed E-state index contributed by atoms with van der Waals surface area (Å²) in [6.07, 6.45) is -0.766. The lowest BCUT2D eigenvalue weighted by molar-refractivity contribution is 0.0776. The Morgan fingerprint density at radius 2 is 2.17 bits per heavy atom. The fraction of sp³-hybridized carbons (Fsp3) is 0.750. The fourth-order valence-electron chi connectivity index (χ4n) is 1.81. The van der Waals surface area contributed by atoms with Gasteiger partial charge in [0.1, 0.15) is 0 Å². The molecule has 0 bridgehead atoms. The van der Waals surface area contributed by atoms with E-state index in [1.165, 1.54) is 0 Å². The van der Waals surface area contributed by atoms with Crippen LogP contribution in [0.2, 0.25) is 0 Å². The molecule has 0 amide bonds. The molecule has 1 aromatic heterocycles. The van der Waals surface area contributed by atoms with E-state index >= 15 is 0 Å². The van der Waals surface area contributed by atoms with Gasteiger partial charge in [0.25, 0.3) is 0 Å². The topological polar surface area (TPSA) is 79.5 Å². The first-order valence-electron chi connectivity index (χ1n) is 6.11. The number of methoxy groups -OCH3 is 1. The zero-order valence-electron chi connectivity index (χ0n) is 11.3. The highest BCUT2D eigenvalue weighted by Gasteiger charge is 2.13. The van der Waals surface area contributed by atoms with Crippen molar-refractivity contribution in [2.75, 3.05) is 26.9 Å². The molecule has 6 heteroatoms. The van der Waals surface area contributed by atoms with E-state index in [4.69, 9.17) is 9.84 Å². The minimum atomic E-state index is -0.766. The van der Waals surface area contributed by atoms with Crippen molar-refractivity contribution in [3.63, 3.8) is 0 Å². The van der Waals surface area contributed by atoms with Crippen LogP contribution in [0.15, 0.2) is 0 Å². The van der Waals surface area contributed by atoms with Crippen LogP contribution in [0.25, 0.3) is 0 Å². The Morgan fingerprint density at radius 3 is 2.78 bits per heavy atom. The lowest BCUT2D eigenvalue weighted by atomic mass is 10.2. The van der Waals surface area contributed by atoms with E-state index in [1.54, 1.807) is 11.8 Å². The Morgan fingerprint density at radius 1 is 1.44 bits per heavy atom. The van der Waals surface area contributed by atoms with Gasteiger partial charge in [-0.2, -0.15) is 5.10 Å². The highest BCUT2D eigenvalue weighted by atomic mass is 16.5. The fourth-order valence-corrected chi connectivity index (χ4v) is 1.81. The highest BCUT2D eigenvalue weighted by Crippen LogP contribution is 2.13. The second kappa shape index (κ2) is 7.48. The second-order valence-electron chi connectivity index (χ2n) is 4.34. The molecule has 0 aliphatic heterocycles. The molecule has 0 fully saturated rings. The van der Waals surface area contributed by atoms with Gasteiger partial charge in [0.05, 0.1) is 31.6 Å². The summed E-state index contributed by atoms with van der Waals surface area (Å²) in [5.41, 5.74) is 3.10. The number of nitrogens with one attached hydrogen (secondary N) is 1. The number of nitrogens with zero attached hydrogens (tertiary/aromatic N) is 2. The average Bonchev–Trinajstić information content (AvgIpc) is 2.61. The predicted octanol–water partition coefficient (Wildman–Crippen LogP) is -0.411. The van der Waals surface area contributed by atoms with Gasteiger partial charge in [-0.05, 0) is 13.8 Å². The van der Waals surface area contributed by atoms with Gasteiger partial charge >= 0.3 is 0 Å². The second-order valence-corrected chi connectivity index (χ2v) is 4.34. The SMILES string of the molecule is COCCNCc1c(C)nn(CC(O)CO)c1C. The third kappa shape index (κ3) is 4.06. The molecule has 18 heavy (non-hydrogen) atoms. The number of rotatable bonds is 8. The lowest BCUT2D eigenvalue weighted by Gasteiger charge is -2.09. The molecule has 104 valence electrons. The van der Waals surface area contributed by atoms with E-state index in [1.807, 2.05) is 13.8 Å². The van der Waals surface area contributed by atoms with Crippen LogP contribution in [0.1, 0.15) is 17.0 Å². The molecule has 1 heterocycles.